The molecule has 73 heavy (non-hydrogen) atoms. The van der Waals surface area contributed by atoms with Crippen molar-refractivity contribution in [1.82, 2.24) is 45.3 Å². The summed E-state index contributed by atoms with van der Waals surface area (Å²) in [5.74, 6) is -3.84. The van der Waals surface area contributed by atoms with Gasteiger partial charge in [0.2, 0.25) is 35.0 Å². The molecule has 24 heteroatoms. The van der Waals surface area contributed by atoms with E-state index in [1.54, 1.807) is 53.8 Å². The number of fused-ring (bicyclic) bond motifs is 1. The van der Waals surface area contributed by atoms with Crippen LogP contribution in [0.15, 0.2) is 53.6 Å². The van der Waals surface area contributed by atoms with E-state index in [9.17, 15) is 48.3 Å². The van der Waals surface area contributed by atoms with Crippen molar-refractivity contribution in [3.8, 4) is 0 Å². The van der Waals surface area contributed by atoms with Gasteiger partial charge in [0.25, 0.3) is 0 Å². The molecule has 0 spiro atoms. The van der Waals surface area contributed by atoms with E-state index >= 15 is 4.39 Å². The van der Waals surface area contributed by atoms with Gasteiger partial charge in [-0.25, -0.2) is 23.5 Å². The first-order valence-corrected chi connectivity index (χ1v) is 24.4. The quantitative estimate of drug-likeness (QED) is 0.0458. The Hall–Kier alpha value is -7.92. The number of unbranched alkanes of at least 4 members (excludes halogenated alkanes) is 2. The average Bonchev–Trinajstić information content (AvgIpc) is 3.97. The number of urea groups is 1. The largest absolute Gasteiger partial charge is 0.477 e. The van der Waals surface area contributed by atoms with Gasteiger partial charge in [-0.05, 0) is 75.3 Å². The Morgan fingerprint density at radius 2 is 1.58 bits per heavy atom. The number of carbonyl (C=O) groups is 8. The van der Waals surface area contributed by atoms with Crippen LogP contribution in [-0.4, -0.2) is 127 Å². The van der Waals surface area contributed by atoms with Crippen LogP contribution >= 0.6 is 0 Å². The van der Waals surface area contributed by atoms with Gasteiger partial charge in [-0.3, -0.25) is 33.7 Å². The number of rotatable bonds is 23. The lowest BCUT2D eigenvalue weighted by molar-refractivity contribution is -0.138. The van der Waals surface area contributed by atoms with E-state index in [-0.39, 0.29) is 99.7 Å². The van der Waals surface area contributed by atoms with Gasteiger partial charge in [0, 0.05) is 82.3 Å². The van der Waals surface area contributed by atoms with E-state index in [1.165, 1.54) is 26.7 Å². The highest BCUT2D eigenvalue weighted by atomic mass is 19.1. The predicted octanol–water partition coefficient (Wildman–Crippen LogP) is 3.56. The summed E-state index contributed by atoms with van der Waals surface area (Å²) >= 11 is 0. The molecule has 2 saturated heterocycles. The van der Waals surface area contributed by atoms with Crippen LogP contribution in [0.2, 0.25) is 0 Å². The van der Waals surface area contributed by atoms with Gasteiger partial charge in [-0.2, -0.15) is 0 Å². The maximum Gasteiger partial charge on any atom is 0.410 e. The number of imide groups is 1. The number of likely N-dealkylation sites (tertiary alicyclic amines) is 1. The zero-order chi connectivity index (χ0) is 52.9. The molecule has 2 unspecified atom stereocenters. The van der Waals surface area contributed by atoms with Crippen molar-refractivity contribution in [1.29, 1.82) is 0 Å². The second-order valence-corrected chi connectivity index (χ2v) is 18.3. The Balaban J connectivity index is 0.998. The smallest absolute Gasteiger partial charge is 0.410 e. The molecule has 0 bridgehead atoms. The minimum atomic E-state index is -1.39. The summed E-state index contributed by atoms with van der Waals surface area (Å²) in [6.07, 6.45) is 5.14. The molecule has 0 radical (unpaired) electrons. The molecule has 7 N–H and O–H groups in total. The van der Waals surface area contributed by atoms with E-state index in [0.29, 0.717) is 61.2 Å². The Labute approximate surface area is 419 Å². The number of nitrogens with one attached hydrogen (secondary N) is 4. The minimum absolute atomic E-state index is 0.0360. The standard InChI is InChI=1S/C49H63FN12O11/c1-5-58-26-34(47(69)70)44(66)33-24-35(50)39(25-38(33)58)59-20-22-60(23-21-59)49(72)73-28-31-12-14-32(15-13-31)54-46(68)37(10-9-18-52-48(51)71)62-27-36(56-57-62)43(29(2)3)55-45(67)30(4)53-40(63)11-7-6-8-19-61-41(64)16-17-42(61)65/h12-15,24-27,29-30,37,43H,5-11,16-23,28H2,1-4H3,(H,53,63)(H,54,68)(H,55,67)(H,69,70)(H3,51,52,71)/t30?,37?,43-/m0/s1. The number of carbonyl (C=O) groups excluding carboxylic acids is 7. The van der Waals surface area contributed by atoms with Crippen molar-refractivity contribution in [2.24, 2.45) is 11.7 Å². The number of aromatic nitrogens is 4. The van der Waals surface area contributed by atoms with Crippen molar-refractivity contribution >= 4 is 69.9 Å². The van der Waals surface area contributed by atoms with Crippen LogP contribution in [0.4, 0.5) is 25.4 Å². The third kappa shape index (κ3) is 14.2. The van der Waals surface area contributed by atoms with Gasteiger partial charge in [0.1, 0.15) is 35.8 Å². The normalized spacial score (nSPS) is 15.0. The number of benzene rings is 2. The van der Waals surface area contributed by atoms with Crippen molar-refractivity contribution in [2.75, 3.05) is 49.5 Å². The highest BCUT2D eigenvalue weighted by Gasteiger charge is 2.30. The molecule has 2 fully saturated rings. The summed E-state index contributed by atoms with van der Waals surface area (Å²) in [5.41, 5.74) is 6.08. The number of nitrogens with zero attached hydrogens (tertiary/aromatic N) is 7. The fraction of sp³-hybridized carbons (Fsp3) is 0.490. The zero-order valence-corrected chi connectivity index (χ0v) is 41.4. The highest BCUT2D eigenvalue weighted by Crippen LogP contribution is 2.28. The molecule has 4 heterocycles. The summed E-state index contributed by atoms with van der Waals surface area (Å²) in [4.78, 5) is 117. The van der Waals surface area contributed by atoms with Crippen molar-refractivity contribution in [2.45, 2.75) is 110 Å². The van der Waals surface area contributed by atoms with Gasteiger partial charge in [-0.1, -0.05) is 37.6 Å². The summed E-state index contributed by atoms with van der Waals surface area (Å²) in [6.45, 7) is 8.85. The second kappa shape index (κ2) is 25.0. The highest BCUT2D eigenvalue weighted by molar-refractivity contribution is 6.02. The number of halogens is 1. The molecular weight excluding hydrogens is 952 g/mol. The SMILES string of the molecule is CCn1cc(C(=O)O)c(=O)c2cc(F)c(N3CCN(C(=O)OCc4ccc(NC(=O)C(CCCNC(N)=O)n5cc([C@@H](NC(=O)C(C)NC(=O)CCCCCN6C(=O)CCC6=O)C(C)C)nn5)cc4)CC3)cc21. The molecule has 2 aliphatic heterocycles. The molecular formula is C49H63FN12O11. The molecule has 2 aromatic carbocycles. The van der Waals surface area contributed by atoms with Crippen LogP contribution in [-0.2, 0) is 41.9 Å². The first-order valence-electron chi connectivity index (χ1n) is 24.4. The molecule has 2 aliphatic rings. The number of anilines is 2. The van der Waals surface area contributed by atoms with Gasteiger partial charge in [0.15, 0.2) is 0 Å². The third-order valence-electron chi connectivity index (χ3n) is 12.8. The third-order valence-corrected chi connectivity index (χ3v) is 12.8. The fourth-order valence-corrected chi connectivity index (χ4v) is 8.65. The number of aromatic carboxylic acids is 1. The second-order valence-electron chi connectivity index (χ2n) is 18.3. The average molecular weight is 1020 g/mol. The molecule has 8 amide bonds. The zero-order valence-electron chi connectivity index (χ0n) is 41.4. The van der Waals surface area contributed by atoms with Gasteiger partial charge < -0.3 is 51.2 Å². The lowest BCUT2D eigenvalue weighted by atomic mass is 10.0. The molecule has 2 aromatic heterocycles. The molecule has 23 nitrogen and oxygen atoms in total. The first kappa shape index (κ1) is 54.4. The molecule has 0 aliphatic carbocycles. The number of hydrogen-bond acceptors (Lipinski definition) is 13. The molecule has 4 aromatic rings. The van der Waals surface area contributed by atoms with E-state index < -0.39 is 64.8 Å². The van der Waals surface area contributed by atoms with Crippen LogP contribution in [0.1, 0.15) is 113 Å². The summed E-state index contributed by atoms with van der Waals surface area (Å²) in [6, 6.07) is 6.06. The van der Waals surface area contributed by atoms with Crippen LogP contribution in [0, 0.1) is 11.7 Å². The maximum absolute atomic E-state index is 15.4. The van der Waals surface area contributed by atoms with Crippen LogP contribution in [0.25, 0.3) is 10.9 Å². The number of piperazine rings is 1. The first-order chi connectivity index (χ1) is 34.8. The number of aryl methyl sites for hydroxylation is 1. The van der Waals surface area contributed by atoms with E-state index in [4.69, 9.17) is 10.5 Å². The lowest BCUT2D eigenvalue weighted by Gasteiger charge is -2.35. The van der Waals surface area contributed by atoms with Crippen LogP contribution in [0.3, 0.4) is 0 Å². The molecule has 392 valence electrons. The topological polar surface area (TPSA) is 303 Å². The monoisotopic (exact) mass is 1010 g/mol. The Morgan fingerprint density at radius 3 is 2.22 bits per heavy atom. The van der Waals surface area contributed by atoms with Crippen LogP contribution < -0.4 is 37.3 Å². The summed E-state index contributed by atoms with van der Waals surface area (Å²) in [5, 5.41) is 29.0. The number of carboxylic acids is 1. The van der Waals surface area contributed by atoms with Crippen LogP contribution in [0.5, 0.6) is 0 Å². The summed E-state index contributed by atoms with van der Waals surface area (Å²) in [7, 11) is 0. The number of hydrogen-bond donors (Lipinski definition) is 6. The van der Waals surface area contributed by atoms with Crippen molar-refractivity contribution < 1.29 is 52.6 Å². The Morgan fingerprint density at radius 1 is 0.877 bits per heavy atom. The van der Waals surface area contributed by atoms with Gasteiger partial charge in [0.05, 0.1) is 23.4 Å². The Bertz CT molecular complexity index is 2740. The molecule has 0 saturated carbocycles. The predicted molar refractivity (Wildman–Crippen MR) is 263 cm³/mol. The van der Waals surface area contributed by atoms with E-state index in [2.05, 4.69) is 31.6 Å². The maximum atomic E-state index is 15.4. The number of carboxylic acid groups (broad SMARTS) is 1. The van der Waals surface area contributed by atoms with Crippen molar-refractivity contribution in [3.05, 3.63) is 81.7 Å². The Kier molecular flexibility index (Phi) is 18.6. The number of ether oxygens (including phenoxy) is 1. The number of pyridine rings is 1. The summed E-state index contributed by atoms with van der Waals surface area (Å²) < 4.78 is 24.0. The van der Waals surface area contributed by atoms with Gasteiger partial charge >= 0.3 is 18.1 Å². The lowest BCUT2D eigenvalue weighted by Crippen LogP contribution is -2.49. The number of primary amides is 1. The number of nitrogens with two attached hydrogens (primary N) is 1. The van der Waals surface area contributed by atoms with Gasteiger partial charge in [-0.15, -0.1) is 5.10 Å². The minimum Gasteiger partial charge on any atom is -0.477 e. The molecule has 6 rings (SSSR count). The van der Waals surface area contributed by atoms with Crippen molar-refractivity contribution in [3.63, 3.8) is 0 Å². The number of amides is 8. The van der Waals surface area contributed by atoms with E-state index in [1.807, 2.05) is 13.8 Å². The van der Waals surface area contributed by atoms with E-state index in [0.717, 1.165) is 6.07 Å². The fourth-order valence-electron chi connectivity index (χ4n) is 8.65. The molecule has 3 atom stereocenters.